The summed E-state index contributed by atoms with van der Waals surface area (Å²) in [6, 6.07) is 7.10. The molecule has 7 nitrogen and oxygen atoms in total. The van der Waals surface area contributed by atoms with Crippen LogP contribution in [0.3, 0.4) is 0 Å². The third kappa shape index (κ3) is 3.65. The molecule has 112 valence electrons. The lowest BCUT2D eigenvalue weighted by Crippen LogP contribution is -2.36. The molecule has 1 saturated heterocycles. The van der Waals surface area contributed by atoms with E-state index in [1.165, 1.54) is 7.11 Å². The Morgan fingerprint density at radius 3 is 2.71 bits per heavy atom. The van der Waals surface area contributed by atoms with Crippen molar-refractivity contribution in [3.8, 4) is 5.75 Å². The quantitative estimate of drug-likeness (QED) is 0.359. The maximum Gasteiger partial charge on any atom is 0.323 e. The topological polar surface area (TPSA) is 87.5 Å². The van der Waals surface area contributed by atoms with Crippen molar-refractivity contribution in [3.63, 3.8) is 0 Å². The van der Waals surface area contributed by atoms with E-state index < -0.39 is 0 Å². The van der Waals surface area contributed by atoms with Gasteiger partial charge in [-0.1, -0.05) is 17.2 Å². The number of ether oxygens (including phenoxy) is 2. The average molecular weight is 290 g/mol. The molecule has 2 rings (SSSR count). The molecule has 0 saturated carbocycles. The average Bonchev–Trinajstić information content (AvgIpc) is 2.90. The standard InChI is InChI=1S/C14H18N4O3/c1-20-12-5-3-10(4-6-12)8-18-9-11(16-17-15)7-13(18)14(19)21-2/h3-6,11,13H,7-9H2,1-2H3/t11-,13+/m1/s1. The first-order chi connectivity index (χ1) is 10.2. The number of likely N-dealkylation sites (tertiary alicyclic amines) is 1. The molecule has 1 fully saturated rings. The Kier molecular flexibility index (Phi) is 5.03. The van der Waals surface area contributed by atoms with Gasteiger partial charge in [-0.2, -0.15) is 0 Å². The molecule has 0 bridgehead atoms. The van der Waals surface area contributed by atoms with Gasteiger partial charge in [0.15, 0.2) is 0 Å². The molecule has 0 spiro atoms. The molecular weight excluding hydrogens is 272 g/mol. The number of nitrogens with zero attached hydrogens (tertiary/aromatic N) is 4. The zero-order chi connectivity index (χ0) is 15.2. The lowest BCUT2D eigenvalue weighted by atomic mass is 10.1. The molecule has 1 heterocycles. The summed E-state index contributed by atoms with van der Waals surface area (Å²) in [5.41, 5.74) is 9.61. The molecule has 0 radical (unpaired) electrons. The van der Waals surface area contributed by atoms with Crippen molar-refractivity contribution in [3.05, 3.63) is 40.3 Å². The van der Waals surface area contributed by atoms with Crippen LogP contribution in [0.4, 0.5) is 0 Å². The van der Waals surface area contributed by atoms with Gasteiger partial charge in [-0.25, -0.2) is 0 Å². The molecule has 1 aliphatic heterocycles. The third-order valence-electron chi connectivity index (χ3n) is 3.61. The van der Waals surface area contributed by atoms with Crippen LogP contribution in [-0.2, 0) is 16.1 Å². The molecule has 0 aromatic heterocycles. The van der Waals surface area contributed by atoms with E-state index in [0.717, 1.165) is 11.3 Å². The highest BCUT2D eigenvalue weighted by Crippen LogP contribution is 2.24. The summed E-state index contributed by atoms with van der Waals surface area (Å²) < 4.78 is 9.95. The number of hydrogen-bond acceptors (Lipinski definition) is 5. The first-order valence-electron chi connectivity index (χ1n) is 6.67. The summed E-state index contributed by atoms with van der Waals surface area (Å²) in [6.07, 6.45) is 0.493. The minimum Gasteiger partial charge on any atom is -0.497 e. The molecule has 2 atom stereocenters. The molecule has 7 heteroatoms. The SMILES string of the molecule is COC(=O)[C@@H]1C[C@@H](N=[N+]=[N-])CN1Cc1ccc(OC)cc1. The van der Waals surface area contributed by atoms with E-state index in [2.05, 4.69) is 10.0 Å². The second-order valence-corrected chi connectivity index (χ2v) is 4.91. The Morgan fingerprint density at radius 2 is 2.14 bits per heavy atom. The van der Waals surface area contributed by atoms with Crippen molar-refractivity contribution in [2.45, 2.75) is 25.0 Å². The number of azide groups is 1. The highest BCUT2D eigenvalue weighted by molar-refractivity contribution is 5.76. The van der Waals surface area contributed by atoms with Crippen LogP contribution in [-0.4, -0.2) is 43.7 Å². The Labute approximate surface area is 123 Å². The van der Waals surface area contributed by atoms with Gasteiger partial charge in [0.1, 0.15) is 11.8 Å². The molecule has 0 N–H and O–H groups in total. The number of hydrogen-bond donors (Lipinski definition) is 0. The predicted octanol–water partition coefficient (Wildman–Crippen LogP) is 2.12. The van der Waals surface area contributed by atoms with Crippen molar-refractivity contribution in [1.29, 1.82) is 0 Å². The predicted molar refractivity (Wildman–Crippen MR) is 76.8 cm³/mol. The lowest BCUT2D eigenvalue weighted by Gasteiger charge is -2.22. The summed E-state index contributed by atoms with van der Waals surface area (Å²) in [4.78, 5) is 16.7. The van der Waals surface area contributed by atoms with Gasteiger partial charge in [0.05, 0.1) is 20.3 Å². The Bertz CT molecular complexity index is 540. The van der Waals surface area contributed by atoms with Crippen molar-refractivity contribution in [2.24, 2.45) is 5.11 Å². The van der Waals surface area contributed by atoms with Gasteiger partial charge in [0, 0.05) is 18.0 Å². The van der Waals surface area contributed by atoms with Gasteiger partial charge in [-0.3, -0.25) is 9.69 Å². The maximum atomic E-state index is 11.8. The van der Waals surface area contributed by atoms with E-state index in [1.54, 1.807) is 7.11 Å². The smallest absolute Gasteiger partial charge is 0.323 e. The van der Waals surface area contributed by atoms with Crippen molar-refractivity contribution in [2.75, 3.05) is 20.8 Å². The zero-order valence-corrected chi connectivity index (χ0v) is 12.1. The van der Waals surface area contributed by atoms with E-state index in [0.29, 0.717) is 19.5 Å². The molecule has 0 unspecified atom stereocenters. The van der Waals surface area contributed by atoms with Gasteiger partial charge in [0.25, 0.3) is 0 Å². The largest absolute Gasteiger partial charge is 0.497 e. The van der Waals surface area contributed by atoms with Gasteiger partial charge < -0.3 is 9.47 Å². The fourth-order valence-electron chi connectivity index (χ4n) is 2.56. The fraction of sp³-hybridized carbons (Fsp3) is 0.500. The third-order valence-corrected chi connectivity index (χ3v) is 3.61. The number of benzene rings is 1. The van der Waals surface area contributed by atoms with Crippen molar-refractivity contribution in [1.82, 2.24) is 4.90 Å². The van der Waals surface area contributed by atoms with Crippen LogP contribution in [0.2, 0.25) is 0 Å². The van der Waals surface area contributed by atoms with E-state index in [1.807, 2.05) is 29.2 Å². The minimum absolute atomic E-state index is 0.197. The Morgan fingerprint density at radius 1 is 1.43 bits per heavy atom. The second-order valence-electron chi connectivity index (χ2n) is 4.91. The highest BCUT2D eigenvalue weighted by atomic mass is 16.5. The summed E-state index contributed by atoms with van der Waals surface area (Å²) in [7, 11) is 2.99. The van der Waals surface area contributed by atoms with E-state index in [-0.39, 0.29) is 18.1 Å². The number of methoxy groups -OCH3 is 2. The Balaban J connectivity index is 2.10. The van der Waals surface area contributed by atoms with Gasteiger partial charge in [-0.05, 0) is 29.6 Å². The summed E-state index contributed by atoms with van der Waals surface area (Å²) in [5.74, 6) is 0.496. The van der Waals surface area contributed by atoms with Crippen LogP contribution in [0.1, 0.15) is 12.0 Å². The summed E-state index contributed by atoms with van der Waals surface area (Å²) >= 11 is 0. The molecule has 1 aliphatic rings. The number of rotatable bonds is 5. The van der Waals surface area contributed by atoms with Crippen LogP contribution in [0.5, 0.6) is 5.75 Å². The van der Waals surface area contributed by atoms with Gasteiger partial charge in [-0.15, -0.1) is 0 Å². The maximum absolute atomic E-state index is 11.8. The first kappa shape index (κ1) is 15.2. The second kappa shape index (κ2) is 6.97. The lowest BCUT2D eigenvalue weighted by molar-refractivity contribution is -0.146. The molecule has 1 aromatic rings. The molecule has 21 heavy (non-hydrogen) atoms. The van der Waals surface area contributed by atoms with E-state index in [4.69, 9.17) is 15.0 Å². The van der Waals surface area contributed by atoms with Gasteiger partial charge >= 0.3 is 5.97 Å². The molecule has 0 amide bonds. The molecule has 1 aromatic carbocycles. The highest BCUT2D eigenvalue weighted by Gasteiger charge is 2.36. The van der Waals surface area contributed by atoms with Crippen LogP contribution < -0.4 is 4.74 Å². The zero-order valence-electron chi connectivity index (χ0n) is 12.1. The van der Waals surface area contributed by atoms with Crippen LogP contribution in [0, 0.1) is 0 Å². The van der Waals surface area contributed by atoms with Gasteiger partial charge in [0.2, 0.25) is 0 Å². The fourth-order valence-corrected chi connectivity index (χ4v) is 2.56. The first-order valence-corrected chi connectivity index (χ1v) is 6.67. The normalized spacial score (nSPS) is 21.6. The summed E-state index contributed by atoms with van der Waals surface area (Å²) in [6.45, 7) is 1.15. The van der Waals surface area contributed by atoms with Crippen molar-refractivity contribution >= 4 is 5.97 Å². The number of carbonyl (C=O) groups excluding carboxylic acids is 1. The molecular formula is C14H18N4O3. The summed E-state index contributed by atoms with van der Waals surface area (Å²) in [5, 5.41) is 3.72. The van der Waals surface area contributed by atoms with Crippen molar-refractivity contribution < 1.29 is 14.3 Å². The Hall–Kier alpha value is -2.24. The number of carbonyl (C=O) groups is 1. The monoisotopic (exact) mass is 290 g/mol. The van der Waals surface area contributed by atoms with E-state index >= 15 is 0 Å². The molecule has 0 aliphatic carbocycles. The number of esters is 1. The van der Waals surface area contributed by atoms with Crippen LogP contribution >= 0.6 is 0 Å². The van der Waals surface area contributed by atoms with E-state index in [9.17, 15) is 4.79 Å². The van der Waals surface area contributed by atoms with Crippen LogP contribution in [0.15, 0.2) is 29.4 Å². The minimum atomic E-state index is -0.368. The van der Waals surface area contributed by atoms with Crippen LogP contribution in [0.25, 0.3) is 10.4 Å².